The lowest BCUT2D eigenvalue weighted by Gasteiger charge is -2.09. The van der Waals surface area contributed by atoms with Gasteiger partial charge in [-0.2, -0.15) is 0 Å². The molecule has 0 unspecified atom stereocenters. The zero-order chi connectivity index (χ0) is 19.5. The quantitative estimate of drug-likeness (QED) is 0.260. The summed E-state index contributed by atoms with van der Waals surface area (Å²) in [6, 6.07) is 18.3. The molecule has 7 nitrogen and oxygen atoms in total. The zero-order valence-corrected chi connectivity index (χ0v) is 15.8. The summed E-state index contributed by atoms with van der Waals surface area (Å²) in [6.45, 7) is 2.04. The lowest BCUT2D eigenvalue weighted by molar-refractivity contribution is -0.384. The van der Waals surface area contributed by atoms with Gasteiger partial charge in [0.05, 0.1) is 11.2 Å². The number of hydrogen-bond donors (Lipinski definition) is 0. The second kappa shape index (κ2) is 7.69. The predicted molar refractivity (Wildman–Crippen MR) is 106 cm³/mol. The van der Waals surface area contributed by atoms with Crippen molar-refractivity contribution in [2.24, 2.45) is 0 Å². The van der Waals surface area contributed by atoms with Crippen molar-refractivity contribution in [1.29, 1.82) is 0 Å². The summed E-state index contributed by atoms with van der Waals surface area (Å²) in [5, 5.41) is 20.2. The molecule has 4 aromatic rings. The number of thioether (sulfide) groups is 1. The topological polar surface area (TPSA) is 87.0 Å². The Kier molecular flexibility index (Phi) is 4.94. The van der Waals surface area contributed by atoms with Crippen LogP contribution in [0.1, 0.15) is 11.1 Å². The molecule has 2 heterocycles. The van der Waals surface area contributed by atoms with E-state index in [1.54, 1.807) is 18.4 Å². The van der Waals surface area contributed by atoms with Crippen molar-refractivity contribution in [3.05, 3.63) is 88.2 Å². The molecule has 8 heteroatoms. The van der Waals surface area contributed by atoms with Crippen LogP contribution in [-0.4, -0.2) is 19.7 Å². The highest BCUT2D eigenvalue weighted by Crippen LogP contribution is 2.30. The van der Waals surface area contributed by atoms with Crippen molar-refractivity contribution in [3.63, 3.8) is 0 Å². The molecule has 2 aromatic carbocycles. The standard InChI is InChI=1S/C20H16N4O3S/c1-14-4-8-16(9-5-14)23-19(18-3-2-12-27-18)21-22-20(23)28-13-15-6-10-17(11-7-15)24(25)26/h2-12H,13H2,1H3. The average Bonchev–Trinajstić information content (AvgIpc) is 3.37. The number of benzene rings is 2. The van der Waals surface area contributed by atoms with Crippen molar-refractivity contribution in [2.75, 3.05) is 0 Å². The van der Waals surface area contributed by atoms with Crippen LogP contribution in [-0.2, 0) is 5.75 Å². The molecular weight excluding hydrogens is 376 g/mol. The molecule has 0 amide bonds. The Balaban J connectivity index is 1.65. The number of nitro benzene ring substituents is 1. The van der Waals surface area contributed by atoms with Crippen molar-refractivity contribution in [1.82, 2.24) is 14.8 Å². The van der Waals surface area contributed by atoms with Gasteiger partial charge in [0.25, 0.3) is 5.69 Å². The SMILES string of the molecule is Cc1ccc(-n2c(SCc3ccc([N+](=O)[O-])cc3)nnc2-c2ccco2)cc1. The number of non-ortho nitro benzene ring substituents is 1. The molecule has 0 aliphatic carbocycles. The van der Waals surface area contributed by atoms with Crippen LogP contribution >= 0.6 is 11.8 Å². The fourth-order valence-electron chi connectivity index (χ4n) is 2.72. The van der Waals surface area contributed by atoms with E-state index in [0.717, 1.165) is 16.8 Å². The van der Waals surface area contributed by atoms with Gasteiger partial charge in [-0.25, -0.2) is 0 Å². The van der Waals surface area contributed by atoms with E-state index in [1.165, 1.54) is 23.9 Å². The summed E-state index contributed by atoms with van der Waals surface area (Å²) in [4.78, 5) is 10.4. The monoisotopic (exact) mass is 392 g/mol. The molecule has 0 aliphatic rings. The van der Waals surface area contributed by atoms with Gasteiger partial charge >= 0.3 is 0 Å². The van der Waals surface area contributed by atoms with Crippen LogP contribution in [0.4, 0.5) is 5.69 Å². The zero-order valence-electron chi connectivity index (χ0n) is 15.0. The molecule has 0 fully saturated rings. The van der Waals surface area contributed by atoms with Gasteiger partial charge in [0.15, 0.2) is 10.9 Å². The number of furan rings is 1. The highest BCUT2D eigenvalue weighted by Gasteiger charge is 2.18. The molecule has 4 rings (SSSR count). The summed E-state index contributed by atoms with van der Waals surface area (Å²) >= 11 is 1.51. The normalized spacial score (nSPS) is 10.9. The summed E-state index contributed by atoms with van der Waals surface area (Å²) in [5.74, 6) is 1.87. The third-order valence-corrected chi connectivity index (χ3v) is 5.18. The van der Waals surface area contributed by atoms with Crippen LogP contribution in [0.25, 0.3) is 17.3 Å². The minimum atomic E-state index is -0.402. The maximum absolute atomic E-state index is 10.8. The van der Waals surface area contributed by atoms with Gasteiger partial charge in [0.2, 0.25) is 5.82 Å². The number of rotatable bonds is 6. The first kappa shape index (κ1) is 18.0. The van der Waals surface area contributed by atoms with Crippen LogP contribution in [0.15, 0.2) is 76.5 Å². The number of nitro groups is 1. The van der Waals surface area contributed by atoms with Crippen molar-refractivity contribution in [3.8, 4) is 17.3 Å². The van der Waals surface area contributed by atoms with Crippen LogP contribution < -0.4 is 0 Å². The first-order valence-electron chi connectivity index (χ1n) is 8.54. The van der Waals surface area contributed by atoms with Gasteiger partial charge in [-0.15, -0.1) is 10.2 Å². The highest BCUT2D eigenvalue weighted by atomic mass is 32.2. The number of nitrogens with zero attached hydrogens (tertiary/aromatic N) is 4. The second-order valence-corrected chi connectivity index (χ2v) is 7.11. The number of aromatic nitrogens is 3. The minimum absolute atomic E-state index is 0.0803. The van der Waals surface area contributed by atoms with E-state index >= 15 is 0 Å². The van der Waals surface area contributed by atoms with Crippen molar-refractivity contribution in [2.45, 2.75) is 17.8 Å². The molecule has 0 bridgehead atoms. The first-order valence-corrected chi connectivity index (χ1v) is 9.53. The fourth-order valence-corrected chi connectivity index (χ4v) is 3.62. The van der Waals surface area contributed by atoms with Gasteiger partial charge in [0.1, 0.15) is 0 Å². The van der Waals surface area contributed by atoms with Gasteiger partial charge < -0.3 is 4.42 Å². The van der Waals surface area contributed by atoms with Crippen LogP contribution in [0.3, 0.4) is 0 Å². The van der Waals surface area contributed by atoms with E-state index < -0.39 is 4.92 Å². The average molecular weight is 392 g/mol. The lowest BCUT2D eigenvalue weighted by atomic mass is 10.2. The molecule has 0 radical (unpaired) electrons. The summed E-state index contributed by atoms with van der Waals surface area (Å²) in [5.41, 5.74) is 3.15. The molecule has 0 saturated heterocycles. The Labute approximate surface area is 165 Å². The van der Waals surface area contributed by atoms with E-state index in [2.05, 4.69) is 10.2 Å². The van der Waals surface area contributed by atoms with Crippen molar-refractivity contribution < 1.29 is 9.34 Å². The van der Waals surface area contributed by atoms with Gasteiger partial charge in [-0.1, -0.05) is 41.6 Å². The summed E-state index contributed by atoms with van der Waals surface area (Å²) < 4.78 is 7.47. The van der Waals surface area contributed by atoms with Crippen molar-refractivity contribution >= 4 is 17.4 Å². The number of aryl methyl sites for hydroxylation is 1. The van der Waals surface area contributed by atoms with E-state index in [9.17, 15) is 10.1 Å². The summed E-state index contributed by atoms with van der Waals surface area (Å²) in [6.07, 6.45) is 1.60. The predicted octanol–water partition coefficient (Wildman–Crippen LogP) is 5.04. The van der Waals surface area contributed by atoms with Gasteiger partial charge in [0, 0.05) is 23.6 Å². The Hall–Kier alpha value is -3.39. The fraction of sp³-hybridized carbons (Fsp3) is 0.100. The molecular formula is C20H16N4O3S. The Morgan fingerprint density at radius 3 is 2.46 bits per heavy atom. The maximum Gasteiger partial charge on any atom is 0.269 e. The third kappa shape index (κ3) is 3.67. The molecule has 2 aromatic heterocycles. The Morgan fingerprint density at radius 2 is 1.82 bits per heavy atom. The van der Waals surface area contributed by atoms with E-state index in [-0.39, 0.29) is 5.69 Å². The Bertz CT molecular complexity index is 1090. The molecule has 0 N–H and O–H groups in total. The van der Waals surface area contributed by atoms with E-state index in [4.69, 9.17) is 4.42 Å². The second-order valence-electron chi connectivity index (χ2n) is 6.17. The van der Waals surface area contributed by atoms with Crippen LogP contribution in [0.2, 0.25) is 0 Å². The van der Waals surface area contributed by atoms with E-state index in [1.807, 2.05) is 47.9 Å². The molecule has 0 atom stereocenters. The highest BCUT2D eigenvalue weighted by molar-refractivity contribution is 7.98. The summed E-state index contributed by atoms with van der Waals surface area (Å²) in [7, 11) is 0. The van der Waals surface area contributed by atoms with Crippen LogP contribution in [0, 0.1) is 17.0 Å². The Morgan fingerprint density at radius 1 is 1.07 bits per heavy atom. The first-order chi connectivity index (χ1) is 13.6. The van der Waals surface area contributed by atoms with Gasteiger partial charge in [-0.3, -0.25) is 14.7 Å². The minimum Gasteiger partial charge on any atom is -0.461 e. The van der Waals surface area contributed by atoms with Crippen LogP contribution in [0.5, 0.6) is 0 Å². The maximum atomic E-state index is 10.8. The third-order valence-electron chi connectivity index (χ3n) is 4.18. The number of hydrogen-bond acceptors (Lipinski definition) is 6. The molecule has 0 saturated carbocycles. The lowest BCUT2D eigenvalue weighted by Crippen LogP contribution is -1.99. The molecule has 28 heavy (non-hydrogen) atoms. The molecule has 140 valence electrons. The van der Waals surface area contributed by atoms with Gasteiger partial charge in [-0.05, 0) is 36.8 Å². The smallest absolute Gasteiger partial charge is 0.269 e. The molecule has 0 aliphatic heterocycles. The van der Waals surface area contributed by atoms with E-state index in [0.29, 0.717) is 22.5 Å². The molecule has 0 spiro atoms. The largest absolute Gasteiger partial charge is 0.461 e.